The van der Waals surface area contributed by atoms with Gasteiger partial charge in [-0.1, -0.05) is 43.7 Å². The van der Waals surface area contributed by atoms with Crippen molar-refractivity contribution in [1.29, 1.82) is 5.41 Å². The number of aryl methyl sites for hydroxylation is 1. The Labute approximate surface area is 85.3 Å². The van der Waals surface area contributed by atoms with E-state index in [0.29, 0.717) is 0 Å². The Kier molecular flexibility index (Phi) is 8.42. The number of benzene rings is 1. The molecule has 0 heterocycles. The second-order valence-electron chi connectivity index (χ2n) is 2.69. The van der Waals surface area contributed by atoms with Crippen LogP contribution in [-0.2, 0) is 6.42 Å². The van der Waals surface area contributed by atoms with Gasteiger partial charge in [0, 0.05) is 0 Å². The zero-order valence-corrected chi connectivity index (χ0v) is 8.73. The Bertz CT molecular complexity index is 238. The van der Waals surface area contributed by atoms with Crippen molar-refractivity contribution >= 4 is 17.4 Å². The minimum atomic E-state index is 1.23. The SMILES string of the molecule is CCCCc1ccccc1.N=C=S. The maximum Gasteiger partial charge on any atom is 0.0554 e. The van der Waals surface area contributed by atoms with Crippen LogP contribution < -0.4 is 0 Å². The summed E-state index contributed by atoms with van der Waals surface area (Å²) in [4.78, 5) is 0. The van der Waals surface area contributed by atoms with E-state index < -0.39 is 0 Å². The topological polar surface area (TPSA) is 23.9 Å². The first-order chi connectivity index (χ1) is 6.35. The zero-order chi connectivity index (χ0) is 9.94. The first-order valence-electron chi connectivity index (χ1n) is 4.43. The summed E-state index contributed by atoms with van der Waals surface area (Å²) in [6.45, 7) is 2.23. The molecular weight excluding hydrogens is 178 g/mol. The molecule has 0 unspecified atom stereocenters. The molecule has 2 heteroatoms. The summed E-state index contributed by atoms with van der Waals surface area (Å²) < 4.78 is 0. The summed E-state index contributed by atoms with van der Waals surface area (Å²) >= 11 is 3.81. The lowest BCUT2D eigenvalue weighted by atomic mass is 10.1. The minimum absolute atomic E-state index is 1.23. The Morgan fingerprint density at radius 1 is 1.31 bits per heavy atom. The molecule has 0 aliphatic heterocycles. The van der Waals surface area contributed by atoms with Crippen molar-refractivity contribution in [3.63, 3.8) is 0 Å². The van der Waals surface area contributed by atoms with Crippen molar-refractivity contribution in [1.82, 2.24) is 0 Å². The van der Waals surface area contributed by atoms with Crippen molar-refractivity contribution in [2.24, 2.45) is 0 Å². The van der Waals surface area contributed by atoms with Crippen molar-refractivity contribution in [3.8, 4) is 0 Å². The number of nitrogens with one attached hydrogen (secondary N) is 1. The van der Waals surface area contributed by atoms with Gasteiger partial charge < -0.3 is 0 Å². The van der Waals surface area contributed by atoms with E-state index in [2.05, 4.69) is 49.5 Å². The second kappa shape index (κ2) is 9.11. The van der Waals surface area contributed by atoms with Gasteiger partial charge in [-0.15, -0.1) is 0 Å². The molecule has 70 valence electrons. The molecule has 0 aromatic heterocycles. The number of hydrogen-bond donors (Lipinski definition) is 1. The molecule has 0 atom stereocenters. The van der Waals surface area contributed by atoms with Gasteiger partial charge in [-0.05, 0) is 30.6 Å². The summed E-state index contributed by atoms with van der Waals surface area (Å²) in [6.07, 6.45) is 3.83. The second-order valence-corrected chi connectivity index (χ2v) is 2.90. The maximum atomic E-state index is 5.77. The lowest BCUT2D eigenvalue weighted by Crippen LogP contribution is -1.81. The minimum Gasteiger partial charge on any atom is -0.248 e. The highest BCUT2D eigenvalue weighted by molar-refractivity contribution is 7.78. The Morgan fingerprint density at radius 3 is 2.31 bits per heavy atom. The summed E-state index contributed by atoms with van der Waals surface area (Å²) in [5.74, 6) is 0. The van der Waals surface area contributed by atoms with Crippen LogP contribution in [0.1, 0.15) is 25.3 Å². The van der Waals surface area contributed by atoms with E-state index in [1.54, 1.807) is 5.16 Å². The number of rotatable bonds is 3. The van der Waals surface area contributed by atoms with Crippen LogP contribution in [0.3, 0.4) is 0 Å². The number of thiocarbonyl (C=S) groups is 1. The van der Waals surface area contributed by atoms with E-state index in [4.69, 9.17) is 5.41 Å². The first kappa shape index (κ1) is 12.0. The Morgan fingerprint density at radius 2 is 1.85 bits per heavy atom. The molecule has 0 radical (unpaired) electrons. The van der Waals surface area contributed by atoms with E-state index >= 15 is 0 Å². The standard InChI is InChI=1S/C10H14.CHNS/c1-2-3-7-10-8-5-4-6-9-10;2-1-3/h4-6,8-9H,2-3,7H2,1H3;2H. The molecule has 0 bridgehead atoms. The predicted molar refractivity (Wildman–Crippen MR) is 60.4 cm³/mol. The maximum absolute atomic E-state index is 5.77. The van der Waals surface area contributed by atoms with Gasteiger partial charge >= 0.3 is 0 Å². The van der Waals surface area contributed by atoms with Gasteiger partial charge in [0.15, 0.2) is 0 Å². The molecule has 1 aromatic carbocycles. The molecule has 0 saturated heterocycles. The third-order valence-electron chi connectivity index (χ3n) is 1.66. The van der Waals surface area contributed by atoms with E-state index in [1.807, 2.05) is 0 Å². The average molecular weight is 193 g/mol. The van der Waals surface area contributed by atoms with Crippen molar-refractivity contribution < 1.29 is 0 Å². The van der Waals surface area contributed by atoms with Crippen LogP contribution in [0, 0.1) is 5.41 Å². The fourth-order valence-corrected chi connectivity index (χ4v) is 1.03. The van der Waals surface area contributed by atoms with Gasteiger partial charge in [0.25, 0.3) is 0 Å². The number of hydrogen-bond acceptors (Lipinski definition) is 2. The summed E-state index contributed by atoms with van der Waals surface area (Å²) in [5.41, 5.74) is 1.46. The molecule has 0 fully saturated rings. The molecule has 0 aliphatic carbocycles. The Hall–Kier alpha value is -0.980. The van der Waals surface area contributed by atoms with Crippen molar-refractivity contribution in [2.75, 3.05) is 0 Å². The van der Waals surface area contributed by atoms with Gasteiger partial charge in [-0.3, -0.25) is 0 Å². The van der Waals surface area contributed by atoms with Gasteiger partial charge in [-0.2, -0.15) is 0 Å². The number of isothiocyanates is 1. The van der Waals surface area contributed by atoms with E-state index in [-0.39, 0.29) is 0 Å². The first-order valence-corrected chi connectivity index (χ1v) is 4.83. The van der Waals surface area contributed by atoms with Gasteiger partial charge in [0.2, 0.25) is 0 Å². The Balaban J connectivity index is 0.000000424. The van der Waals surface area contributed by atoms with E-state index in [0.717, 1.165) is 0 Å². The van der Waals surface area contributed by atoms with Crippen LogP contribution >= 0.6 is 12.2 Å². The molecule has 0 spiro atoms. The zero-order valence-electron chi connectivity index (χ0n) is 7.92. The van der Waals surface area contributed by atoms with Gasteiger partial charge in [0.05, 0.1) is 5.16 Å². The highest BCUT2D eigenvalue weighted by atomic mass is 32.1. The molecule has 1 aromatic rings. The van der Waals surface area contributed by atoms with Crippen molar-refractivity contribution in [3.05, 3.63) is 35.9 Å². The number of unbranched alkanes of at least 4 members (excludes halogenated alkanes) is 1. The van der Waals surface area contributed by atoms with E-state index in [1.165, 1.54) is 24.8 Å². The summed E-state index contributed by atoms with van der Waals surface area (Å²) in [6, 6.07) is 10.6. The third-order valence-corrected chi connectivity index (χ3v) is 1.66. The normalized spacial score (nSPS) is 8.08. The van der Waals surface area contributed by atoms with Gasteiger partial charge in [-0.25, -0.2) is 5.41 Å². The highest BCUT2D eigenvalue weighted by Gasteiger charge is 1.87. The van der Waals surface area contributed by atoms with Gasteiger partial charge in [0.1, 0.15) is 0 Å². The smallest absolute Gasteiger partial charge is 0.0554 e. The lowest BCUT2D eigenvalue weighted by Gasteiger charge is -1.96. The molecule has 0 saturated carbocycles. The van der Waals surface area contributed by atoms with Crippen LogP contribution in [0.25, 0.3) is 0 Å². The molecule has 1 N–H and O–H groups in total. The third kappa shape index (κ3) is 7.38. The lowest BCUT2D eigenvalue weighted by molar-refractivity contribution is 0.795. The summed E-state index contributed by atoms with van der Waals surface area (Å²) in [7, 11) is 0. The van der Waals surface area contributed by atoms with Crippen LogP contribution in [0.5, 0.6) is 0 Å². The van der Waals surface area contributed by atoms with Crippen LogP contribution in [0.2, 0.25) is 0 Å². The molecule has 1 rings (SSSR count). The highest BCUT2D eigenvalue weighted by Crippen LogP contribution is 2.03. The van der Waals surface area contributed by atoms with Crippen molar-refractivity contribution in [2.45, 2.75) is 26.2 Å². The van der Waals surface area contributed by atoms with Crippen LogP contribution in [0.4, 0.5) is 0 Å². The molecule has 13 heavy (non-hydrogen) atoms. The monoisotopic (exact) mass is 193 g/mol. The molecular formula is C11H15NS. The largest absolute Gasteiger partial charge is 0.248 e. The fraction of sp³-hybridized carbons (Fsp3) is 0.364. The summed E-state index contributed by atoms with van der Waals surface area (Å²) in [5, 5.41) is 7.36. The van der Waals surface area contributed by atoms with Crippen LogP contribution in [-0.4, -0.2) is 5.16 Å². The quantitative estimate of drug-likeness (QED) is 0.574. The molecule has 1 nitrogen and oxygen atoms in total. The molecule has 0 aliphatic rings. The fourth-order valence-electron chi connectivity index (χ4n) is 1.03. The van der Waals surface area contributed by atoms with E-state index in [9.17, 15) is 0 Å². The molecule has 0 amide bonds. The van der Waals surface area contributed by atoms with Crippen LogP contribution in [0.15, 0.2) is 30.3 Å². The predicted octanol–water partition coefficient (Wildman–Crippen LogP) is 3.70. The average Bonchev–Trinajstić information content (AvgIpc) is 2.18.